The minimum atomic E-state index is -0.699. The highest BCUT2D eigenvalue weighted by Gasteiger charge is 2.55. The molecule has 2 N–H and O–H groups in total. The van der Waals surface area contributed by atoms with Gasteiger partial charge in [-0.05, 0) is 49.8 Å². The van der Waals surface area contributed by atoms with E-state index in [0.717, 1.165) is 31.4 Å². The third-order valence-corrected chi connectivity index (χ3v) is 5.88. The summed E-state index contributed by atoms with van der Waals surface area (Å²) in [7, 11) is 0. The lowest BCUT2D eigenvalue weighted by molar-refractivity contribution is -0.149. The second-order valence-electron chi connectivity index (χ2n) is 7.20. The molecule has 0 radical (unpaired) electrons. The number of likely N-dealkylation sites (tertiary alicyclic amines) is 1. The van der Waals surface area contributed by atoms with Gasteiger partial charge in [-0.1, -0.05) is 25.5 Å². The number of carbonyl (C=O) groups excluding carboxylic acids is 1. The summed E-state index contributed by atoms with van der Waals surface area (Å²) in [5.41, 5.74) is 1.38. The van der Waals surface area contributed by atoms with Gasteiger partial charge >= 0.3 is 5.97 Å². The third-order valence-electron chi connectivity index (χ3n) is 5.88. The number of aliphatic carboxylic acids is 1. The van der Waals surface area contributed by atoms with Crippen molar-refractivity contribution in [2.75, 3.05) is 18.4 Å². The topological polar surface area (TPSA) is 69.6 Å². The molecule has 1 saturated heterocycles. The minimum Gasteiger partial charge on any atom is -0.481 e. The predicted molar refractivity (Wildman–Crippen MR) is 100 cm³/mol. The van der Waals surface area contributed by atoms with Crippen LogP contribution in [0.3, 0.4) is 0 Å². The summed E-state index contributed by atoms with van der Waals surface area (Å²) in [5.74, 6) is -0.593. The lowest BCUT2D eigenvalue weighted by Crippen LogP contribution is -2.43. The number of hydrogen-bond donors (Lipinski definition) is 2. The molecule has 3 atom stereocenters. The van der Waals surface area contributed by atoms with Gasteiger partial charge in [-0.3, -0.25) is 14.5 Å². The van der Waals surface area contributed by atoms with Crippen LogP contribution in [0, 0.1) is 11.3 Å². The van der Waals surface area contributed by atoms with Crippen LogP contribution in [0.5, 0.6) is 0 Å². The quantitative estimate of drug-likeness (QED) is 0.839. The van der Waals surface area contributed by atoms with Crippen LogP contribution >= 0.6 is 12.4 Å². The van der Waals surface area contributed by atoms with Crippen molar-refractivity contribution in [2.24, 2.45) is 11.3 Å². The van der Waals surface area contributed by atoms with Crippen molar-refractivity contribution in [1.29, 1.82) is 0 Å². The van der Waals surface area contributed by atoms with Gasteiger partial charge in [0.15, 0.2) is 0 Å². The molecule has 1 aromatic rings. The number of fused-ring (bicyclic) bond motifs is 1. The molecule has 1 unspecified atom stereocenters. The minimum absolute atomic E-state index is 0. The SMILES string of the molecule is CCc1ccc(NC(=O)C(C)N2C[C@@H]3CCC[C@@]3(C(=O)O)C2)cc1.Cl. The number of halogens is 1. The van der Waals surface area contributed by atoms with Crippen LogP contribution in [-0.4, -0.2) is 41.0 Å². The van der Waals surface area contributed by atoms with Crippen LogP contribution in [0.1, 0.15) is 38.7 Å². The molecule has 1 aliphatic carbocycles. The number of anilines is 1. The first kappa shape index (κ1) is 19.7. The van der Waals surface area contributed by atoms with Crippen molar-refractivity contribution < 1.29 is 14.7 Å². The molecule has 1 aliphatic heterocycles. The number of carboxylic acids is 1. The number of benzene rings is 1. The van der Waals surface area contributed by atoms with E-state index in [-0.39, 0.29) is 30.3 Å². The van der Waals surface area contributed by atoms with E-state index in [0.29, 0.717) is 13.1 Å². The molecule has 138 valence electrons. The Bertz CT molecular complexity index is 634. The van der Waals surface area contributed by atoms with E-state index in [1.54, 1.807) is 0 Å². The third kappa shape index (κ3) is 3.67. The molecule has 6 heteroatoms. The zero-order chi connectivity index (χ0) is 17.3. The Balaban J connectivity index is 0.00000225. The van der Waals surface area contributed by atoms with E-state index < -0.39 is 11.4 Å². The number of carbonyl (C=O) groups is 2. The maximum Gasteiger partial charge on any atom is 0.311 e. The van der Waals surface area contributed by atoms with Gasteiger partial charge in [0, 0.05) is 18.8 Å². The van der Waals surface area contributed by atoms with E-state index in [2.05, 4.69) is 12.2 Å². The molecular weight excluding hydrogens is 340 g/mol. The van der Waals surface area contributed by atoms with Crippen LogP contribution in [0.15, 0.2) is 24.3 Å². The van der Waals surface area contributed by atoms with E-state index >= 15 is 0 Å². The fourth-order valence-electron chi connectivity index (χ4n) is 4.21. The van der Waals surface area contributed by atoms with Crippen LogP contribution < -0.4 is 5.32 Å². The van der Waals surface area contributed by atoms with Gasteiger partial charge in [0.1, 0.15) is 0 Å². The molecule has 0 spiro atoms. The Hall–Kier alpha value is -1.59. The van der Waals surface area contributed by atoms with E-state index in [9.17, 15) is 14.7 Å². The van der Waals surface area contributed by atoms with Gasteiger partial charge < -0.3 is 10.4 Å². The molecule has 2 fully saturated rings. The first-order valence-corrected chi connectivity index (χ1v) is 8.83. The molecule has 5 nitrogen and oxygen atoms in total. The van der Waals surface area contributed by atoms with Gasteiger partial charge in [-0.2, -0.15) is 0 Å². The summed E-state index contributed by atoms with van der Waals surface area (Å²) in [6, 6.07) is 7.54. The monoisotopic (exact) mass is 366 g/mol. The normalized spacial score (nSPS) is 26.6. The molecule has 1 amide bonds. The number of carboxylic acid groups (broad SMARTS) is 1. The van der Waals surface area contributed by atoms with Crippen molar-refractivity contribution in [3.05, 3.63) is 29.8 Å². The Morgan fingerprint density at radius 1 is 1.36 bits per heavy atom. The average Bonchev–Trinajstić information content (AvgIpc) is 3.13. The van der Waals surface area contributed by atoms with Crippen molar-refractivity contribution in [1.82, 2.24) is 4.90 Å². The molecule has 1 aromatic carbocycles. The first-order valence-electron chi connectivity index (χ1n) is 8.83. The van der Waals surface area contributed by atoms with Crippen LogP contribution in [0.2, 0.25) is 0 Å². The van der Waals surface area contributed by atoms with Crippen molar-refractivity contribution in [3.8, 4) is 0 Å². The van der Waals surface area contributed by atoms with E-state index in [1.165, 1.54) is 5.56 Å². The lowest BCUT2D eigenvalue weighted by Gasteiger charge is -2.26. The van der Waals surface area contributed by atoms with Gasteiger partial charge in [0.05, 0.1) is 11.5 Å². The van der Waals surface area contributed by atoms with Crippen molar-refractivity contribution in [2.45, 2.75) is 45.6 Å². The highest BCUT2D eigenvalue weighted by Crippen LogP contribution is 2.49. The molecule has 1 heterocycles. The zero-order valence-electron chi connectivity index (χ0n) is 14.8. The number of aryl methyl sites for hydroxylation is 1. The molecule has 0 aromatic heterocycles. The van der Waals surface area contributed by atoms with Crippen LogP contribution in [-0.2, 0) is 16.0 Å². The molecule has 25 heavy (non-hydrogen) atoms. The Kier molecular flexibility index (Phi) is 6.12. The van der Waals surface area contributed by atoms with Crippen molar-refractivity contribution in [3.63, 3.8) is 0 Å². The molecule has 1 saturated carbocycles. The standard InChI is InChI=1S/C19H26N2O3.ClH/c1-3-14-6-8-16(9-7-14)20-17(22)13(2)21-11-15-5-4-10-19(15,12-21)18(23)24;/h6-9,13,15H,3-5,10-12H2,1-2H3,(H,20,22)(H,23,24);1H/t13?,15-,19+;/m0./s1. The molecule has 0 bridgehead atoms. The smallest absolute Gasteiger partial charge is 0.311 e. The number of hydrogen-bond acceptors (Lipinski definition) is 3. The van der Waals surface area contributed by atoms with Gasteiger partial charge in [-0.25, -0.2) is 0 Å². The maximum absolute atomic E-state index is 12.5. The number of amides is 1. The number of rotatable bonds is 5. The van der Waals surface area contributed by atoms with Gasteiger partial charge in [0.25, 0.3) is 0 Å². The van der Waals surface area contributed by atoms with Crippen LogP contribution in [0.4, 0.5) is 5.69 Å². The van der Waals surface area contributed by atoms with Gasteiger partial charge in [0.2, 0.25) is 5.91 Å². The second-order valence-corrected chi connectivity index (χ2v) is 7.20. The number of nitrogens with one attached hydrogen (secondary N) is 1. The summed E-state index contributed by atoms with van der Waals surface area (Å²) >= 11 is 0. The zero-order valence-corrected chi connectivity index (χ0v) is 15.6. The Labute approximate surface area is 155 Å². The van der Waals surface area contributed by atoms with Crippen molar-refractivity contribution >= 4 is 30.0 Å². The average molecular weight is 367 g/mol. The van der Waals surface area contributed by atoms with E-state index in [4.69, 9.17) is 0 Å². The second kappa shape index (κ2) is 7.75. The highest BCUT2D eigenvalue weighted by molar-refractivity contribution is 5.94. The summed E-state index contributed by atoms with van der Waals surface area (Å²) in [6.07, 6.45) is 3.64. The molecule has 2 aliphatic rings. The Morgan fingerprint density at radius 2 is 2.04 bits per heavy atom. The summed E-state index contributed by atoms with van der Waals surface area (Å²) in [5, 5.41) is 12.6. The highest BCUT2D eigenvalue weighted by atomic mass is 35.5. The largest absolute Gasteiger partial charge is 0.481 e. The van der Waals surface area contributed by atoms with E-state index in [1.807, 2.05) is 36.1 Å². The summed E-state index contributed by atoms with van der Waals surface area (Å²) in [6.45, 7) is 5.15. The summed E-state index contributed by atoms with van der Waals surface area (Å²) in [4.78, 5) is 26.4. The fourth-order valence-corrected chi connectivity index (χ4v) is 4.21. The predicted octanol–water partition coefficient (Wildman–Crippen LogP) is 3.18. The van der Waals surface area contributed by atoms with Crippen LogP contribution in [0.25, 0.3) is 0 Å². The summed E-state index contributed by atoms with van der Waals surface area (Å²) < 4.78 is 0. The Morgan fingerprint density at radius 3 is 2.60 bits per heavy atom. The lowest BCUT2D eigenvalue weighted by atomic mass is 9.81. The molecular formula is C19H27ClN2O3. The maximum atomic E-state index is 12.5. The molecule has 3 rings (SSSR count). The fraction of sp³-hybridized carbons (Fsp3) is 0.579. The van der Waals surface area contributed by atoms with Gasteiger partial charge in [-0.15, -0.1) is 12.4 Å². The first-order chi connectivity index (χ1) is 11.5. The number of nitrogens with zero attached hydrogens (tertiary/aromatic N) is 1.